The lowest BCUT2D eigenvalue weighted by molar-refractivity contribution is -0.339. The molecule has 2 aromatic rings. The minimum atomic E-state index is -1.61. The monoisotopic (exact) mass is 526 g/mol. The van der Waals surface area contributed by atoms with Crippen molar-refractivity contribution in [3.8, 4) is 0 Å². The van der Waals surface area contributed by atoms with E-state index in [1.807, 2.05) is 24.3 Å². The average molecular weight is 527 g/mol. The molecular weight excluding hydrogens is 496 g/mol. The molecule has 6 rings (SSSR count). The van der Waals surface area contributed by atoms with E-state index in [9.17, 15) is 30.0 Å². The van der Waals surface area contributed by atoms with Gasteiger partial charge in [0.05, 0.1) is 35.7 Å². The first-order chi connectivity index (χ1) is 18.4. The first-order valence-corrected chi connectivity index (χ1v) is 12.7. The molecule has 1 saturated heterocycles. The molecule has 38 heavy (non-hydrogen) atoms. The number of fused-ring (bicyclic) bond motifs is 4. The fourth-order valence-electron chi connectivity index (χ4n) is 6.37. The summed E-state index contributed by atoms with van der Waals surface area (Å²) in [5, 5.41) is 41.2. The van der Waals surface area contributed by atoms with E-state index >= 15 is 0 Å². The topological polar surface area (TPSA) is 151 Å². The zero-order valence-corrected chi connectivity index (χ0v) is 20.5. The number of carbonyl (C=O) groups excluding carboxylic acids is 2. The molecule has 1 amide bonds. The number of carbonyl (C=O) groups is 2. The second-order valence-corrected chi connectivity index (χ2v) is 10.2. The quantitative estimate of drug-likeness (QED) is 0.317. The molecule has 0 aliphatic carbocycles. The first-order valence-electron chi connectivity index (χ1n) is 12.7. The first kappa shape index (κ1) is 25.2. The Labute approximate surface area is 218 Å². The zero-order chi connectivity index (χ0) is 26.7. The van der Waals surface area contributed by atoms with Crippen molar-refractivity contribution in [2.24, 2.45) is 11.8 Å². The summed E-state index contributed by atoms with van der Waals surface area (Å²) in [6.45, 7) is 3.86. The number of hydrogen-bond donors (Lipinski definition) is 4. The molecule has 0 saturated carbocycles. The highest BCUT2D eigenvalue weighted by Gasteiger charge is 2.50. The number of benzene rings is 1. The highest BCUT2D eigenvalue weighted by Crippen LogP contribution is 2.48. The Hall–Kier alpha value is -3.06. The number of aromatic nitrogens is 1. The number of amides is 1. The third kappa shape index (κ3) is 3.65. The van der Waals surface area contributed by atoms with Crippen LogP contribution in [-0.4, -0.2) is 92.4 Å². The largest absolute Gasteiger partial charge is 0.471 e. The van der Waals surface area contributed by atoms with Gasteiger partial charge in [-0.1, -0.05) is 24.3 Å². The van der Waals surface area contributed by atoms with Gasteiger partial charge in [-0.2, -0.15) is 0 Å². The molecule has 0 radical (unpaired) electrons. The van der Waals surface area contributed by atoms with Crippen molar-refractivity contribution in [1.82, 2.24) is 9.47 Å². The van der Waals surface area contributed by atoms with Gasteiger partial charge in [-0.3, -0.25) is 14.2 Å². The molecular formula is C27H30N2O9. The van der Waals surface area contributed by atoms with Crippen LogP contribution in [0, 0.1) is 11.8 Å². The Balaban J connectivity index is 1.38. The summed E-state index contributed by atoms with van der Waals surface area (Å²) in [7, 11) is 0. The predicted octanol–water partition coefficient (Wildman–Crippen LogP) is 0.216. The van der Waals surface area contributed by atoms with Gasteiger partial charge >= 0.3 is 0 Å². The Morgan fingerprint density at radius 1 is 1.13 bits per heavy atom. The SMILES string of the molecule is C=CC1C(OC2OC(CO)C(O)C(O)C2O)OC=C2C(=O)n3c4c(c5ccccc53)CCN(C=O)C4CC21. The van der Waals surface area contributed by atoms with Gasteiger partial charge in [-0.25, -0.2) is 0 Å². The predicted molar refractivity (Wildman–Crippen MR) is 131 cm³/mol. The van der Waals surface area contributed by atoms with Crippen LogP contribution in [0.15, 0.2) is 48.8 Å². The number of hydrogen-bond acceptors (Lipinski definition) is 9. The number of para-hydroxylation sites is 1. The molecule has 4 N–H and O–H groups in total. The Morgan fingerprint density at radius 2 is 1.92 bits per heavy atom. The van der Waals surface area contributed by atoms with Gasteiger partial charge < -0.3 is 39.5 Å². The van der Waals surface area contributed by atoms with Gasteiger partial charge in [-0.05, 0) is 24.5 Å². The molecule has 4 aliphatic rings. The van der Waals surface area contributed by atoms with E-state index in [1.54, 1.807) is 15.5 Å². The lowest BCUT2D eigenvalue weighted by atomic mass is 9.78. The highest BCUT2D eigenvalue weighted by molar-refractivity contribution is 6.04. The van der Waals surface area contributed by atoms with Crippen molar-refractivity contribution in [1.29, 1.82) is 0 Å². The summed E-state index contributed by atoms with van der Waals surface area (Å²) in [5.74, 6) is -1.28. The molecule has 1 fully saturated rings. The molecule has 11 nitrogen and oxygen atoms in total. The number of nitrogens with zero attached hydrogens (tertiary/aromatic N) is 2. The molecule has 4 aliphatic heterocycles. The summed E-state index contributed by atoms with van der Waals surface area (Å²) in [6.07, 6.45) is -3.54. The molecule has 0 spiro atoms. The van der Waals surface area contributed by atoms with Crippen molar-refractivity contribution in [3.63, 3.8) is 0 Å². The zero-order valence-electron chi connectivity index (χ0n) is 20.5. The van der Waals surface area contributed by atoms with Gasteiger partial charge in [-0.15, -0.1) is 6.58 Å². The van der Waals surface area contributed by atoms with E-state index in [4.69, 9.17) is 14.2 Å². The maximum Gasteiger partial charge on any atom is 0.262 e. The van der Waals surface area contributed by atoms with Crippen molar-refractivity contribution in [2.75, 3.05) is 13.2 Å². The fourth-order valence-corrected chi connectivity index (χ4v) is 6.37. The maximum absolute atomic E-state index is 14.0. The van der Waals surface area contributed by atoms with Crippen molar-refractivity contribution >= 4 is 23.2 Å². The van der Waals surface area contributed by atoms with Gasteiger partial charge in [0.25, 0.3) is 5.91 Å². The number of aliphatic hydroxyl groups excluding tert-OH is 4. The van der Waals surface area contributed by atoms with Crippen LogP contribution in [0.1, 0.15) is 28.5 Å². The Bertz CT molecular complexity index is 1300. The Kier molecular flexibility index (Phi) is 6.37. The standard InChI is InChI=1S/C27H30N2O9/c1-2-13-16-9-19-21-15(7-8-28(19)12-31)14-5-3-4-6-18(14)29(21)25(35)17(16)11-36-26(13)38-27-24(34)23(33)22(32)20(10-30)37-27/h2-6,11-13,16,19-20,22-24,26-27,30,32-34H,1,7-10H2. The third-order valence-electron chi connectivity index (χ3n) is 8.32. The lowest BCUT2D eigenvalue weighted by Gasteiger charge is -2.43. The van der Waals surface area contributed by atoms with Gasteiger partial charge in [0.2, 0.25) is 12.7 Å². The van der Waals surface area contributed by atoms with Crippen LogP contribution >= 0.6 is 0 Å². The normalized spacial score (nSPS) is 36.5. The maximum atomic E-state index is 14.0. The van der Waals surface area contributed by atoms with Crippen LogP contribution in [-0.2, 0) is 25.4 Å². The second kappa shape index (κ2) is 9.60. The summed E-state index contributed by atoms with van der Waals surface area (Å²) < 4.78 is 19.0. The van der Waals surface area contributed by atoms with Gasteiger partial charge in [0, 0.05) is 23.8 Å². The van der Waals surface area contributed by atoms with E-state index in [2.05, 4.69) is 6.58 Å². The summed E-state index contributed by atoms with van der Waals surface area (Å²) >= 11 is 0. The molecule has 5 heterocycles. The van der Waals surface area contributed by atoms with Gasteiger partial charge in [0.1, 0.15) is 24.4 Å². The summed E-state index contributed by atoms with van der Waals surface area (Å²) in [5.41, 5.74) is 3.05. The summed E-state index contributed by atoms with van der Waals surface area (Å²) in [6, 6.07) is 7.34. The number of ether oxygens (including phenoxy) is 3. The van der Waals surface area contributed by atoms with E-state index in [0.717, 1.165) is 28.6 Å². The highest BCUT2D eigenvalue weighted by atomic mass is 16.8. The van der Waals surface area contributed by atoms with Crippen molar-refractivity contribution in [2.45, 2.75) is 55.9 Å². The summed E-state index contributed by atoms with van der Waals surface area (Å²) in [4.78, 5) is 27.9. The van der Waals surface area contributed by atoms with Crippen LogP contribution in [0.2, 0.25) is 0 Å². The smallest absolute Gasteiger partial charge is 0.262 e. The van der Waals surface area contributed by atoms with Crippen LogP contribution < -0.4 is 0 Å². The van der Waals surface area contributed by atoms with E-state index in [-0.39, 0.29) is 11.9 Å². The van der Waals surface area contributed by atoms with E-state index < -0.39 is 55.4 Å². The average Bonchev–Trinajstić information content (AvgIpc) is 3.21. The van der Waals surface area contributed by atoms with E-state index in [0.29, 0.717) is 25.0 Å². The van der Waals surface area contributed by atoms with Gasteiger partial charge in [0.15, 0.2) is 6.29 Å². The molecule has 9 unspecified atom stereocenters. The molecule has 9 atom stereocenters. The molecule has 11 heteroatoms. The van der Waals surface area contributed by atoms with Crippen LogP contribution in [0.25, 0.3) is 10.9 Å². The molecule has 1 aromatic carbocycles. The van der Waals surface area contributed by atoms with Crippen LogP contribution in [0.3, 0.4) is 0 Å². The van der Waals surface area contributed by atoms with Crippen molar-refractivity contribution < 1.29 is 44.2 Å². The van der Waals surface area contributed by atoms with Crippen LogP contribution in [0.5, 0.6) is 0 Å². The second-order valence-electron chi connectivity index (χ2n) is 10.2. The molecule has 202 valence electrons. The fraction of sp³-hybridized carbons (Fsp3) is 0.481. The molecule has 0 bridgehead atoms. The third-order valence-corrected chi connectivity index (χ3v) is 8.32. The number of allylic oxidation sites excluding steroid dienone is 1. The molecule has 1 aromatic heterocycles. The van der Waals surface area contributed by atoms with E-state index in [1.165, 1.54) is 6.26 Å². The minimum absolute atomic E-state index is 0.249. The minimum Gasteiger partial charge on any atom is -0.471 e. The number of rotatable bonds is 5. The Morgan fingerprint density at radius 3 is 2.66 bits per heavy atom. The lowest BCUT2D eigenvalue weighted by Crippen LogP contribution is -2.60. The van der Waals surface area contributed by atoms with Crippen molar-refractivity contribution in [3.05, 3.63) is 60.0 Å². The number of aliphatic hydroxyl groups is 4. The van der Waals surface area contributed by atoms with Crippen LogP contribution in [0.4, 0.5) is 0 Å².